The van der Waals surface area contributed by atoms with Crippen molar-refractivity contribution in [2.24, 2.45) is 5.92 Å². The highest BCUT2D eigenvalue weighted by Gasteiger charge is 2.44. The molecule has 1 aromatic rings. The summed E-state index contributed by atoms with van der Waals surface area (Å²) in [5.74, 6) is -0.827. The Labute approximate surface area is 108 Å². The Morgan fingerprint density at radius 2 is 2.05 bits per heavy atom. The van der Waals surface area contributed by atoms with Crippen LogP contribution in [-0.2, 0) is 14.2 Å². The summed E-state index contributed by atoms with van der Waals surface area (Å²) in [4.78, 5) is 16.2. The van der Waals surface area contributed by atoms with E-state index in [4.69, 9.17) is 14.2 Å². The summed E-state index contributed by atoms with van der Waals surface area (Å²) in [6.07, 6.45) is -1.09. The van der Waals surface area contributed by atoms with Crippen LogP contribution in [0.5, 0.6) is 11.8 Å². The van der Waals surface area contributed by atoms with Crippen LogP contribution in [0.25, 0.3) is 0 Å². The van der Waals surface area contributed by atoms with Crippen LogP contribution in [0.2, 0.25) is 0 Å². The van der Waals surface area contributed by atoms with E-state index in [1.165, 1.54) is 12.1 Å². The molecule has 0 spiro atoms. The fourth-order valence-electron chi connectivity index (χ4n) is 2.27. The molecule has 1 aromatic heterocycles. The van der Waals surface area contributed by atoms with Gasteiger partial charge in [0.15, 0.2) is 0 Å². The van der Waals surface area contributed by atoms with E-state index in [1.54, 1.807) is 0 Å². The molecule has 0 aliphatic carbocycles. The second-order valence-corrected chi connectivity index (χ2v) is 4.37. The number of aromatic nitrogens is 1. The van der Waals surface area contributed by atoms with Crippen molar-refractivity contribution >= 4 is 6.16 Å². The first-order valence-corrected chi connectivity index (χ1v) is 5.87. The Hall–Kier alpha value is -1.93. The second-order valence-electron chi connectivity index (χ2n) is 4.37. The van der Waals surface area contributed by atoms with Gasteiger partial charge >= 0.3 is 6.16 Å². The maximum atomic E-state index is 11.6. The number of fused-ring (bicyclic) bond motifs is 1. The molecule has 2 fully saturated rings. The van der Waals surface area contributed by atoms with Crippen LogP contribution in [0, 0.1) is 5.92 Å². The lowest BCUT2D eigenvalue weighted by molar-refractivity contribution is -0.113. The quantitative estimate of drug-likeness (QED) is 0.742. The first-order valence-electron chi connectivity index (χ1n) is 5.87. The number of aromatic hydroxyl groups is 2. The Kier molecular flexibility index (Phi) is 2.96. The summed E-state index contributed by atoms with van der Waals surface area (Å²) < 4.78 is 16.2. The van der Waals surface area contributed by atoms with Gasteiger partial charge in [0.1, 0.15) is 0 Å². The zero-order valence-electron chi connectivity index (χ0n) is 9.89. The van der Waals surface area contributed by atoms with Crippen LogP contribution in [-0.4, -0.2) is 46.7 Å². The maximum Gasteiger partial charge on any atom is 0.536 e. The first kappa shape index (κ1) is 12.1. The molecule has 3 heterocycles. The minimum Gasteiger partial charge on any atom is -0.492 e. The van der Waals surface area contributed by atoms with Gasteiger partial charge in [0.25, 0.3) is 0 Å². The molecule has 0 aromatic carbocycles. The van der Waals surface area contributed by atoms with Crippen molar-refractivity contribution in [2.45, 2.75) is 18.8 Å². The SMILES string of the molecule is O=C(O[C@H]1OC[C@H]2OCC[C@@H]12)On1c(O)ccc1O. The molecule has 8 heteroatoms. The molecule has 3 rings (SSSR count). The topological polar surface area (TPSA) is 99.4 Å². The molecular formula is C11H13NO7. The number of nitrogens with zero attached hydrogens (tertiary/aromatic N) is 1. The van der Waals surface area contributed by atoms with Gasteiger partial charge in [-0.2, -0.15) is 0 Å². The zero-order chi connectivity index (χ0) is 13.4. The Bertz CT molecular complexity index is 466. The van der Waals surface area contributed by atoms with Crippen molar-refractivity contribution < 1.29 is 34.1 Å². The third-order valence-corrected chi connectivity index (χ3v) is 3.21. The van der Waals surface area contributed by atoms with Crippen LogP contribution in [0.3, 0.4) is 0 Å². The van der Waals surface area contributed by atoms with Crippen molar-refractivity contribution in [3.05, 3.63) is 12.1 Å². The fraction of sp³-hybridized carbons (Fsp3) is 0.545. The van der Waals surface area contributed by atoms with Crippen LogP contribution < -0.4 is 4.84 Å². The standard InChI is InChI=1S/C11H13NO7/c13-8-1-2-9(14)12(8)19-11(15)18-10-6-3-4-16-7(6)5-17-10/h1-2,6-7,10,13-14H,3-5H2/t6-,7-,10-/m1/s1. The number of hydrogen-bond acceptors (Lipinski definition) is 7. The van der Waals surface area contributed by atoms with E-state index in [9.17, 15) is 15.0 Å². The van der Waals surface area contributed by atoms with E-state index in [-0.39, 0.29) is 12.0 Å². The summed E-state index contributed by atoms with van der Waals surface area (Å²) in [6, 6.07) is 2.35. The predicted octanol–water partition coefficient (Wildman–Crippen LogP) is 0.226. The van der Waals surface area contributed by atoms with Gasteiger partial charge in [0.2, 0.25) is 18.1 Å². The summed E-state index contributed by atoms with van der Waals surface area (Å²) in [5, 5.41) is 18.6. The van der Waals surface area contributed by atoms with E-state index in [0.717, 1.165) is 6.42 Å². The zero-order valence-corrected chi connectivity index (χ0v) is 9.89. The maximum absolute atomic E-state index is 11.6. The monoisotopic (exact) mass is 271 g/mol. The molecule has 2 saturated heterocycles. The molecular weight excluding hydrogens is 258 g/mol. The van der Waals surface area contributed by atoms with Crippen molar-refractivity contribution in [1.82, 2.24) is 4.73 Å². The Morgan fingerprint density at radius 3 is 2.79 bits per heavy atom. The minimum absolute atomic E-state index is 0.000550. The average molecular weight is 271 g/mol. The Balaban J connectivity index is 1.60. The predicted molar refractivity (Wildman–Crippen MR) is 58.4 cm³/mol. The van der Waals surface area contributed by atoms with Crippen LogP contribution in [0.1, 0.15) is 6.42 Å². The first-order chi connectivity index (χ1) is 9.15. The van der Waals surface area contributed by atoms with E-state index in [2.05, 4.69) is 4.84 Å². The molecule has 2 aliphatic heterocycles. The van der Waals surface area contributed by atoms with Crippen LogP contribution in [0.15, 0.2) is 12.1 Å². The van der Waals surface area contributed by atoms with Gasteiger partial charge in [0, 0.05) is 18.7 Å². The number of ether oxygens (including phenoxy) is 3. The smallest absolute Gasteiger partial charge is 0.492 e. The molecule has 104 valence electrons. The fourth-order valence-corrected chi connectivity index (χ4v) is 2.27. The van der Waals surface area contributed by atoms with Gasteiger partial charge in [-0.25, -0.2) is 4.79 Å². The summed E-state index contributed by atoms with van der Waals surface area (Å²) >= 11 is 0. The summed E-state index contributed by atoms with van der Waals surface area (Å²) in [5.41, 5.74) is 0. The van der Waals surface area contributed by atoms with Gasteiger partial charge in [-0.1, -0.05) is 0 Å². The van der Waals surface area contributed by atoms with Gasteiger partial charge < -0.3 is 24.4 Å². The third-order valence-electron chi connectivity index (χ3n) is 3.21. The minimum atomic E-state index is -1.07. The van der Waals surface area contributed by atoms with Crippen molar-refractivity contribution in [1.29, 1.82) is 0 Å². The summed E-state index contributed by atoms with van der Waals surface area (Å²) in [6.45, 7) is 0.995. The van der Waals surface area contributed by atoms with Crippen molar-refractivity contribution in [3.63, 3.8) is 0 Å². The van der Waals surface area contributed by atoms with E-state index >= 15 is 0 Å². The lowest BCUT2D eigenvalue weighted by Crippen LogP contribution is -2.29. The van der Waals surface area contributed by atoms with E-state index in [1.807, 2.05) is 0 Å². The molecule has 0 saturated carbocycles. The molecule has 2 aliphatic rings. The molecule has 8 nitrogen and oxygen atoms in total. The summed E-state index contributed by atoms with van der Waals surface area (Å²) in [7, 11) is 0. The highest BCUT2D eigenvalue weighted by molar-refractivity contribution is 5.60. The Morgan fingerprint density at radius 1 is 1.32 bits per heavy atom. The highest BCUT2D eigenvalue weighted by atomic mass is 16.9. The van der Waals surface area contributed by atoms with Crippen LogP contribution in [0.4, 0.5) is 4.79 Å². The van der Waals surface area contributed by atoms with Crippen LogP contribution >= 0.6 is 0 Å². The lowest BCUT2D eigenvalue weighted by atomic mass is 10.0. The average Bonchev–Trinajstić information content (AvgIpc) is 3.03. The number of rotatable bonds is 2. The van der Waals surface area contributed by atoms with Crippen molar-refractivity contribution in [3.8, 4) is 11.8 Å². The molecule has 0 amide bonds. The van der Waals surface area contributed by atoms with E-state index in [0.29, 0.717) is 17.9 Å². The normalized spacial score (nSPS) is 29.2. The molecule has 3 atom stereocenters. The number of hydrogen-bond donors (Lipinski definition) is 2. The van der Waals surface area contributed by atoms with Gasteiger partial charge in [-0.15, -0.1) is 4.73 Å². The third kappa shape index (κ3) is 2.20. The number of carbonyl (C=O) groups is 1. The lowest BCUT2D eigenvalue weighted by Gasteiger charge is -2.16. The van der Waals surface area contributed by atoms with Gasteiger partial charge in [0.05, 0.1) is 18.6 Å². The highest BCUT2D eigenvalue weighted by Crippen LogP contribution is 2.33. The molecule has 19 heavy (non-hydrogen) atoms. The second kappa shape index (κ2) is 4.63. The van der Waals surface area contributed by atoms with Gasteiger partial charge in [-0.3, -0.25) is 4.84 Å². The van der Waals surface area contributed by atoms with E-state index < -0.39 is 24.2 Å². The molecule has 0 unspecified atom stereocenters. The van der Waals surface area contributed by atoms with Gasteiger partial charge in [-0.05, 0) is 6.42 Å². The van der Waals surface area contributed by atoms with Crippen molar-refractivity contribution in [2.75, 3.05) is 13.2 Å². The largest absolute Gasteiger partial charge is 0.536 e. The molecule has 0 radical (unpaired) electrons. The molecule has 2 N–H and O–H groups in total. The number of carbonyl (C=O) groups excluding carboxylic acids is 1. The molecule has 0 bridgehead atoms.